The molecule has 0 saturated heterocycles. The van der Waals surface area contributed by atoms with Crippen LogP contribution in [0.5, 0.6) is 5.75 Å². The minimum Gasteiger partial charge on any atom is -0.494 e. The molecule has 7 heteroatoms. The molecule has 0 saturated carbocycles. The van der Waals surface area contributed by atoms with Crippen LogP contribution in [0.1, 0.15) is 35.1 Å². The van der Waals surface area contributed by atoms with E-state index in [1.54, 1.807) is 31.2 Å². The third-order valence-electron chi connectivity index (χ3n) is 3.75. The Balaban J connectivity index is 1.87. The Kier molecular flexibility index (Phi) is 4.85. The minimum atomic E-state index is -0.350. The Labute approximate surface area is 149 Å². The first-order valence-corrected chi connectivity index (χ1v) is 8.91. The topological polar surface area (TPSA) is 72.7 Å². The molecule has 0 spiro atoms. The number of nitrogens with zero attached hydrogens (tertiary/aromatic N) is 2. The molecule has 25 heavy (non-hydrogen) atoms. The van der Waals surface area contributed by atoms with Crippen molar-refractivity contribution in [2.24, 2.45) is 0 Å². The molecule has 0 fully saturated rings. The molecule has 3 aromatic rings. The van der Waals surface area contributed by atoms with Crippen molar-refractivity contribution in [1.29, 1.82) is 0 Å². The number of benzene rings is 1. The molecular formula is C18H19N3O3S. The molecule has 1 amide bonds. The van der Waals surface area contributed by atoms with Crippen LogP contribution in [-0.4, -0.2) is 21.9 Å². The van der Waals surface area contributed by atoms with Crippen molar-refractivity contribution in [1.82, 2.24) is 9.38 Å². The molecule has 1 aromatic carbocycles. The highest BCUT2D eigenvalue weighted by Crippen LogP contribution is 2.17. The van der Waals surface area contributed by atoms with Crippen LogP contribution in [0, 0.1) is 13.8 Å². The molecular weight excluding hydrogens is 338 g/mol. The Morgan fingerprint density at radius 2 is 2.00 bits per heavy atom. The van der Waals surface area contributed by atoms with Gasteiger partial charge in [-0.25, -0.2) is 4.98 Å². The highest BCUT2D eigenvalue weighted by Gasteiger charge is 2.16. The lowest BCUT2D eigenvalue weighted by Gasteiger charge is -2.09. The summed E-state index contributed by atoms with van der Waals surface area (Å²) in [5.74, 6) is 0.364. The van der Waals surface area contributed by atoms with Gasteiger partial charge in [-0.1, -0.05) is 6.92 Å². The summed E-state index contributed by atoms with van der Waals surface area (Å²) >= 11 is 1.40. The zero-order valence-electron chi connectivity index (χ0n) is 14.3. The number of carbonyl (C=O) groups excluding carboxylic acids is 1. The largest absolute Gasteiger partial charge is 0.494 e. The number of ether oxygens (including phenoxy) is 1. The van der Waals surface area contributed by atoms with Gasteiger partial charge < -0.3 is 10.1 Å². The van der Waals surface area contributed by atoms with E-state index >= 15 is 0 Å². The van der Waals surface area contributed by atoms with Gasteiger partial charge in [-0.15, -0.1) is 11.3 Å². The standard InChI is InChI=1S/C18H19N3O3S/c1-4-9-24-14-7-5-13(6-8-14)16(22)20-15-12(3)19-18-21(17(15)23)11(2)10-25-18/h5-8,10H,4,9H2,1-3H3,(H,20,22). The molecule has 130 valence electrons. The van der Waals surface area contributed by atoms with E-state index in [2.05, 4.69) is 10.3 Å². The predicted molar refractivity (Wildman–Crippen MR) is 99.0 cm³/mol. The summed E-state index contributed by atoms with van der Waals surface area (Å²) < 4.78 is 7.01. The lowest BCUT2D eigenvalue weighted by atomic mass is 10.2. The number of carbonyl (C=O) groups is 1. The third kappa shape index (κ3) is 3.41. The van der Waals surface area contributed by atoms with Gasteiger partial charge >= 0.3 is 0 Å². The Bertz CT molecular complexity index is 974. The molecule has 0 radical (unpaired) electrons. The van der Waals surface area contributed by atoms with Gasteiger partial charge in [0.25, 0.3) is 11.5 Å². The third-order valence-corrected chi connectivity index (χ3v) is 4.69. The van der Waals surface area contributed by atoms with E-state index < -0.39 is 0 Å². The molecule has 6 nitrogen and oxygen atoms in total. The van der Waals surface area contributed by atoms with Gasteiger partial charge in [0.2, 0.25) is 0 Å². The second-order valence-corrected chi connectivity index (χ2v) is 6.54. The molecule has 2 heterocycles. The number of anilines is 1. The number of aryl methyl sites for hydroxylation is 2. The lowest BCUT2D eigenvalue weighted by Crippen LogP contribution is -2.25. The number of hydrogen-bond acceptors (Lipinski definition) is 5. The van der Waals surface area contributed by atoms with Gasteiger partial charge in [0.05, 0.1) is 12.3 Å². The predicted octanol–water partition coefficient (Wildman–Crippen LogP) is 3.41. The summed E-state index contributed by atoms with van der Waals surface area (Å²) in [4.78, 5) is 30.2. The molecule has 0 bridgehead atoms. The lowest BCUT2D eigenvalue weighted by molar-refractivity contribution is 0.102. The van der Waals surface area contributed by atoms with E-state index in [4.69, 9.17) is 4.74 Å². The van der Waals surface area contributed by atoms with E-state index in [0.717, 1.165) is 12.1 Å². The van der Waals surface area contributed by atoms with Crippen molar-refractivity contribution in [3.63, 3.8) is 0 Å². The quantitative estimate of drug-likeness (QED) is 0.759. The first-order chi connectivity index (χ1) is 12.0. The van der Waals surface area contributed by atoms with Crippen LogP contribution in [0.3, 0.4) is 0 Å². The van der Waals surface area contributed by atoms with Crippen LogP contribution in [0.15, 0.2) is 34.4 Å². The maximum Gasteiger partial charge on any atom is 0.282 e. The number of aromatic nitrogens is 2. The summed E-state index contributed by atoms with van der Waals surface area (Å²) in [6.45, 7) is 6.21. The van der Waals surface area contributed by atoms with Crippen molar-refractivity contribution in [2.75, 3.05) is 11.9 Å². The van der Waals surface area contributed by atoms with Crippen molar-refractivity contribution in [3.05, 3.63) is 57.0 Å². The van der Waals surface area contributed by atoms with Gasteiger partial charge in [0.15, 0.2) is 4.96 Å². The van der Waals surface area contributed by atoms with Gasteiger partial charge in [0.1, 0.15) is 11.4 Å². The second kappa shape index (κ2) is 7.06. The second-order valence-electron chi connectivity index (χ2n) is 5.70. The van der Waals surface area contributed by atoms with E-state index in [1.807, 2.05) is 19.2 Å². The van der Waals surface area contributed by atoms with Crippen LogP contribution >= 0.6 is 11.3 Å². The molecule has 2 aromatic heterocycles. The van der Waals surface area contributed by atoms with E-state index in [1.165, 1.54) is 15.7 Å². The fraction of sp³-hybridized carbons (Fsp3) is 0.278. The van der Waals surface area contributed by atoms with Gasteiger partial charge in [-0.3, -0.25) is 14.0 Å². The SMILES string of the molecule is CCCOc1ccc(C(=O)Nc2c(C)nc3scc(C)n3c2=O)cc1. The molecule has 0 aliphatic rings. The maximum atomic E-state index is 12.7. The summed E-state index contributed by atoms with van der Waals surface area (Å²) in [5, 5.41) is 4.56. The zero-order valence-corrected chi connectivity index (χ0v) is 15.1. The summed E-state index contributed by atoms with van der Waals surface area (Å²) in [6, 6.07) is 6.84. The van der Waals surface area contributed by atoms with E-state index in [-0.39, 0.29) is 17.2 Å². The molecule has 1 N–H and O–H groups in total. The van der Waals surface area contributed by atoms with Crippen LogP contribution in [0.25, 0.3) is 4.96 Å². The summed E-state index contributed by atoms with van der Waals surface area (Å²) in [6.07, 6.45) is 0.920. The number of nitrogens with one attached hydrogen (secondary N) is 1. The van der Waals surface area contributed by atoms with Crippen molar-refractivity contribution < 1.29 is 9.53 Å². The minimum absolute atomic E-state index is 0.204. The molecule has 0 aliphatic carbocycles. The fourth-order valence-electron chi connectivity index (χ4n) is 2.44. The van der Waals surface area contributed by atoms with Crippen LogP contribution in [0.4, 0.5) is 5.69 Å². The zero-order chi connectivity index (χ0) is 18.0. The highest BCUT2D eigenvalue weighted by atomic mass is 32.1. The smallest absolute Gasteiger partial charge is 0.282 e. The summed E-state index contributed by atoms with van der Waals surface area (Å²) in [7, 11) is 0. The molecule has 0 aliphatic heterocycles. The Morgan fingerprint density at radius 1 is 1.28 bits per heavy atom. The van der Waals surface area contributed by atoms with Crippen LogP contribution < -0.4 is 15.6 Å². The van der Waals surface area contributed by atoms with Crippen LogP contribution in [-0.2, 0) is 0 Å². The highest BCUT2D eigenvalue weighted by molar-refractivity contribution is 7.15. The number of amides is 1. The fourth-order valence-corrected chi connectivity index (χ4v) is 3.34. The molecule has 0 unspecified atom stereocenters. The first-order valence-electron chi connectivity index (χ1n) is 8.03. The number of thiazole rings is 1. The average Bonchev–Trinajstić information content (AvgIpc) is 2.97. The average molecular weight is 357 g/mol. The number of fused-ring (bicyclic) bond motifs is 1. The first kappa shape index (κ1) is 17.2. The van der Waals surface area contributed by atoms with Crippen molar-refractivity contribution in [3.8, 4) is 5.75 Å². The van der Waals surface area contributed by atoms with Gasteiger partial charge in [-0.2, -0.15) is 0 Å². The van der Waals surface area contributed by atoms with E-state index in [0.29, 0.717) is 28.6 Å². The monoisotopic (exact) mass is 357 g/mol. The van der Waals surface area contributed by atoms with Crippen LogP contribution in [0.2, 0.25) is 0 Å². The van der Waals surface area contributed by atoms with Gasteiger partial charge in [-0.05, 0) is 44.5 Å². The number of hydrogen-bond donors (Lipinski definition) is 1. The molecule has 3 rings (SSSR count). The van der Waals surface area contributed by atoms with Crippen molar-refractivity contribution >= 4 is 27.9 Å². The Morgan fingerprint density at radius 3 is 2.68 bits per heavy atom. The van der Waals surface area contributed by atoms with E-state index in [9.17, 15) is 9.59 Å². The Hall–Kier alpha value is -2.67. The summed E-state index contributed by atoms with van der Waals surface area (Å²) in [5.41, 5.74) is 1.69. The number of rotatable bonds is 5. The normalized spacial score (nSPS) is 10.8. The maximum absolute atomic E-state index is 12.7. The van der Waals surface area contributed by atoms with Crippen molar-refractivity contribution in [2.45, 2.75) is 27.2 Å². The molecule has 0 atom stereocenters. The van der Waals surface area contributed by atoms with Gasteiger partial charge in [0, 0.05) is 16.6 Å².